The van der Waals surface area contributed by atoms with Crippen molar-refractivity contribution in [3.8, 4) is 11.5 Å². The van der Waals surface area contributed by atoms with Crippen LogP contribution in [0.5, 0.6) is 0 Å². The van der Waals surface area contributed by atoms with Gasteiger partial charge in [0, 0.05) is 29.2 Å². The Hall–Kier alpha value is -2.14. The molecule has 1 aromatic carbocycles. The first-order valence-corrected chi connectivity index (χ1v) is 10.8. The van der Waals surface area contributed by atoms with E-state index >= 15 is 0 Å². The monoisotopic (exact) mass is 379 g/mol. The van der Waals surface area contributed by atoms with E-state index in [4.69, 9.17) is 10.1 Å². The molecule has 0 aliphatic carbocycles. The fourth-order valence-corrected chi connectivity index (χ4v) is 4.23. The number of likely N-dealkylation sites (tertiary alicyclic amines) is 1. The Kier molecular flexibility index (Phi) is 5.54. The Morgan fingerprint density at radius 1 is 1.11 bits per heavy atom. The van der Waals surface area contributed by atoms with Crippen LogP contribution in [-0.2, 0) is 0 Å². The SMILES string of the molecule is CC(C)CCN1CCC(c2cnc(-c3nn(C(C)C)c4ccccc34)[nH]2)CC1. The van der Waals surface area contributed by atoms with Crippen molar-refractivity contribution in [2.45, 2.75) is 58.9 Å². The molecule has 5 nitrogen and oxygen atoms in total. The standard InChI is InChI=1S/C23H33N5/c1-16(2)9-12-27-13-10-18(11-14-27)20-15-24-23(25-20)22-19-7-5-6-8-21(19)28(26-22)17(3)4/h5-8,15-18H,9-14H2,1-4H3,(H,24,25). The van der Waals surface area contributed by atoms with E-state index in [-0.39, 0.29) is 0 Å². The Bertz CT molecular complexity index is 912. The number of nitrogens with zero attached hydrogens (tertiary/aromatic N) is 4. The quantitative estimate of drug-likeness (QED) is 0.638. The number of aromatic amines is 1. The summed E-state index contributed by atoms with van der Waals surface area (Å²) >= 11 is 0. The second-order valence-electron chi connectivity index (χ2n) is 8.89. The molecule has 0 saturated carbocycles. The number of para-hydroxylation sites is 1. The minimum atomic E-state index is 0.322. The van der Waals surface area contributed by atoms with Crippen molar-refractivity contribution in [1.29, 1.82) is 0 Å². The molecule has 28 heavy (non-hydrogen) atoms. The Morgan fingerprint density at radius 3 is 2.57 bits per heavy atom. The maximum atomic E-state index is 4.89. The molecule has 3 heterocycles. The number of H-pyrrole nitrogens is 1. The molecule has 0 radical (unpaired) electrons. The largest absolute Gasteiger partial charge is 0.340 e. The van der Waals surface area contributed by atoms with Gasteiger partial charge >= 0.3 is 0 Å². The predicted octanol–water partition coefficient (Wildman–Crippen LogP) is 5.23. The number of hydrogen-bond acceptors (Lipinski definition) is 3. The molecule has 0 spiro atoms. The van der Waals surface area contributed by atoms with Gasteiger partial charge in [0.05, 0.1) is 5.52 Å². The van der Waals surface area contributed by atoms with Gasteiger partial charge in [-0.15, -0.1) is 0 Å². The molecule has 2 aromatic heterocycles. The zero-order chi connectivity index (χ0) is 19.7. The summed E-state index contributed by atoms with van der Waals surface area (Å²) in [6.45, 7) is 12.6. The third-order valence-electron chi connectivity index (χ3n) is 5.97. The third-order valence-corrected chi connectivity index (χ3v) is 5.97. The number of imidazole rings is 1. The highest BCUT2D eigenvalue weighted by Crippen LogP contribution is 2.31. The van der Waals surface area contributed by atoms with Crippen LogP contribution in [0.25, 0.3) is 22.4 Å². The highest BCUT2D eigenvalue weighted by atomic mass is 15.3. The molecule has 5 heteroatoms. The summed E-state index contributed by atoms with van der Waals surface area (Å²) in [4.78, 5) is 10.9. The van der Waals surface area contributed by atoms with E-state index in [2.05, 4.69) is 66.5 Å². The van der Waals surface area contributed by atoms with Gasteiger partial charge in [0.1, 0.15) is 5.69 Å². The lowest BCUT2D eigenvalue weighted by Gasteiger charge is -2.31. The Labute approximate surface area is 168 Å². The third kappa shape index (κ3) is 3.86. The van der Waals surface area contributed by atoms with Gasteiger partial charge in [-0.25, -0.2) is 4.98 Å². The molecule has 0 bridgehead atoms. The van der Waals surface area contributed by atoms with Crippen molar-refractivity contribution in [2.75, 3.05) is 19.6 Å². The molecule has 1 N–H and O–H groups in total. The van der Waals surface area contributed by atoms with Crippen molar-refractivity contribution in [1.82, 2.24) is 24.6 Å². The summed E-state index contributed by atoms with van der Waals surface area (Å²) in [5, 5.41) is 6.05. The number of benzene rings is 1. The fraction of sp³-hybridized carbons (Fsp3) is 0.565. The zero-order valence-electron chi connectivity index (χ0n) is 17.7. The van der Waals surface area contributed by atoms with Crippen LogP contribution in [0.3, 0.4) is 0 Å². The topological polar surface area (TPSA) is 49.7 Å². The molecule has 150 valence electrons. The molecular weight excluding hydrogens is 346 g/mol. The van der Waals surface area contributed by atoms with Crippen molar-refractivity contribution in [3.63, 3.8) is 0 Å². The average molecular weight is 380 g/mol. The van der Waals surface area contributed by atoms with Crippen LogP contribution >= 0.6 is 0 Å². The molecule has 1 aliphatic heterocycles. The van der Waals surface area contributed by atoms with Gasteiger partial charge < -0.3 is 9.88 Å². The van der Waals surface area contributed by atoms with Gasteiger partial charge in [0.15, 0.2) is 5.82 Å². The molecule has 0 atom stereocenters. The van der Waals surface area contributed by atoms with Crippen molar-refractivity contribution in [2.24, 2.45) is 5.92 Å². The van der Waals surface area contributed by atoms with Gasteiger partial charge in [0.25, 0.3) is 0 Å². The average Bonchev–Trinajstić information content (AvgIpc) is 3.31. The molecular formula is C23H33N5. The van der Waals surface area contributed by atoms with Gasteiger partial charge in [-0.2, -0.15) is 5.10 Å². The first-order valence-electron chi connectivity index (χ1n) is 10.8. The van der Waals surface area contributed by atoms with Crippen LogP contribution in [0, 0.1) is 5.92 Å². The number of nitrogens with one attached hydrogen (secondary N) is 1. The lowest BCUT2D eigenvalue weighted by molar-refractivity contribution is 0.201. The van der Waals surface area contributed by atoms with Crippen LogP contribution in [0.2, 0.25) is 0 Å². The fourth-order valence-electron chi connectivity index (χ4n) is 4.23. The van der Waals surface area contributed by atoms with Crippen molar-refractivity contribution >= 4 is 10.9 Å². The van der Waals surface area contributed by atoms with Crippen LogP contribution in [0.1, 0.15) is 64.6 Å². The van der Waals surface area contributed by atoms with Gasteiger partial charge in [-0.3, -0.25) is 4.68 Å². The second kappa shape index (κ2) is 8.08. The predicted molar refractivity (Wildman–Crippen MR) is 116 cm³/mol. The van der Waals surface area contributed by atoms with Crippen molar-refractivity contribution < 1.29 is 0 Å². The lowest BCUT2D eigenvalue weighted by atomic mass is 9.93. The van der Waals surface area contributed by atoms with E-state index in [1.54, 1.807) is 0 Å². The lowest BCUT2D eigenvalue weighted by Crippen LogP contribution is -2.34. The number of rotatable bonds is 6. The summed E-state index contributed by atoms with van der Waals surface area (Å²) in [6.07, 6.45) is 5.75. The van der Waals surface area contributed by atoms with Crippen molar-refractivity contribution in [3.05, 3.63) is 36.2 Å². The maximum absolute atomic E-state index is 4.89. The minimum absolute atomic E-state index is 0.322. The normalized spacial score (nSPS) is 16.6. The summed E-state index contributed by atoms with van der Waals surface area (Å²) in [7, 11) is 0. The smallest absolute Gasteiger partial charge is 0.158 e. The van der Waals surface area contributed by atoms with E-state index in [9.17, 15) is 0 Å². The molecule has 4 rings (SSSR count). The van der Waals surface area contributed by atoms with Crippen LogP contribution < -0.4 is 0 Å². The number of piperidine rings is 1. The summed E-state index contributed by atoms with van der Waals surface area (Å²) < 4.78 is 2.10. The van der Waals surface area contributed by atoms with E-state index in [1.165, 1.54) is 55.5 Å². The zero-order valence-corrected chi connectivity index (χ0v) is 17.7. The van der Waals surface area contributed by atoms with E-state index in [0.717, 1.165) is 17.4 Å². The second-order valence-corrected chi connectivity index (χ2v) is 8.89. The maximum Gasteiger partial charge on any atom is 0.158 e. The molecule has 3 aromatic rings. The number of aromatic nitrogens is 4. The molecule has 1 saturated heterocycles. The highest BCUT2D eigenvalue weighted by molar-refractivity contribution is 5.91. The summed E-state index contributed by atoms with van der Waals surface area (Å²) in [6, 6.07) is 8.76. The number of hydrogen-bond donors (Lipinski definition) is 1. The summed E-state index contributed by atoms with van der Waals surface area (Å²) in [5.41, 5.74) is 3.40. The first-order chi connectivity index (χ1) is 13.5. The highest BCUT2D eigenvalue weighted by Gasteiger charge is 2.23. The first kappa shape index (κ1) is 19.2. The van der Waals surface area contributed by atoms with Gasteiger partial charge in [0.2, 0.25) is 0 Å². The molecule has 1 aliphatic rings. The number of fused-ring (bicyclic) bond motifs is 1. The minimum Gasteiger partial charge on any atom is -0.340 e. The van der Waals surface area contributed by atoms with Gasteiger partial charge in [-0.05, 0) is 64.7 Å². The Morgan fingerprint density at radius 2 is 1.86 bits per heavy atom. The summed E-state index contributed by atoms with van der Waals surface area (Å²) in [5.74, 6) is 2.26. The Balaban J connectivity index is 1.51. The molecule has 0 amide bonds. The molecule has 1 fully saturated rings. The van der Waals surface area contributed by atoms with E-state index in [0.29, 0.717) is 12.0 Å². The van der Waals surface area contributed by atoms with Crippen LogP contribution in [0.15, 0.2) is 30.5 Å². The van der Waals surface area contributed by atoms with Gasteiger partial charge in [-0.1, -0.05) is 32.0 Å². The van der Waals surface area contributed by atoms with Crippen LogP contribution in [-0.4, -0.2) is 44.3 Å². The van der Waals surface area contributed by atoms with Crippen LogP contribution in [0.4, 0.5) is 0 Å². The van der Waals surface area contributed by atoms with E-state index in [1.807, 2.05) is 6.20 Å². The molecule has 0 unspecified atom stereocenters. The van der Waals surface area contributed by atoms with E-state index < -0.39 is 0 Å².